The van der Waals surface area contributed by atoms with Crippen molar-refractivity contribution >= 4 is 16.5 Å². The first-order valence-corrected chi connectivity index (χ1v) is 5.96. The molecule has 2 aromatic carbocycles. The summed E-state index contributed by atoms with van der Waals surface area (Å²) < 4.78 is 0. The Balaban J connectivity index is 2.33. The molecule has 3 rings (SSSR count). The van der Waals surface area contributed by atoms with Gasteiger partial charge in [0.1, 0.15) is 0 Å². The smallest absolute Gasteiger partial charge is 0.0728 e. The van der Waals surface area contributed by atoms with Crippen LogP contribution in [-0.2, 0) is 0 Å². The highest BCUT2D eigenvalue weighted by Gasteiger charge is 2.06. The summed E-state index contributed by atoms with van der Waals surface area (Å²) in [6, 6.07) is 16.3. The zero-order valence-electron chi connectivity index (χ0n) is 10.2. The Morgan fingerprint density at radius 1 is 0.944 bits per heavy atom. The molecule has 0 aliphatic heterocycles. The van der Waals surface area contributed by atoms with Crippen molar-refractivity contribution in [1.82, 2.24) is 4.98 Å². The van der Waals surface area contributed by atoms with Crippen molar-refractivity contribution in [2.24, 2.45) is 0 Å². The van der Waals surface area contributed by atoms with Crippen LogP contribution in [0.15, 0.2) is 54.7 Å². The van der Waals surface area contributed by atoms with Crippen molar-refractivity contribution < 1.29 is 0 Å². The topological polar surface area (TPSA) is 38.9 Å². The molecule has 2 heteroatoms. The number of rotatable bonds is 1. The molecule has 1 aromatic heterocycles. The van der Waals surface area contributed by atoms with Crippen LogP contribution < -0.4 is 5.73 Å². The number of nitrogens with zero attached hydrogens (tertiary/aromatic N) is 1. The number of hydrogen-bond acceptors (Lipinski definition) is 2. The molecule has 0 unspecified atom stereocenters. The lowest BCUT2D eigenvalue weighted by atomic mass is 9.98. The molecule has 0 aliphatic rings. The highest BCUT2D eigenvalue weighted by atomic mass is 14.7. The van der Waals surface area contributed by atoms with E-state index in [9.17, 15) is 0 Å². The van der Waals surface area contributed by atoms with E-state index in [0.717, 1.165) is 16.9 Å². The summed E-state index contributed by atoms with van der Waals surface area (Å²) in [5, 5.41) is 2.48. The van der Waals surface area contributed by atoms with E-state index in [2.05, 4.69) is 48.3 Å². The summed E-state index contributed by atoms with van der Waals surface area (Å²) >= 11 is 0. The van der Waals surface area contributed by atoms with E-state index in [1.807, 2.05) is 6.07 Å². The van der Waals surface area contributed by atoms with Crippen LogP contribution >= 0.6 is 0 Å². The van der Waals surface area contributed by atoms with Gasteiger partial charge in [0.15, 0.2) is 0 Å². The predicted molar refractivity (Wildman–Crippen MR) is 76.3 cm³/mol. The molecule has 3 aromatic rings. The maximum Gasteiger partial charge on any atom is 0.0728 e. The standard InChI is InChI=1S/C16H14N2/c1-11-6-7-15(14-5-3-2-4-13(11)14)16-10-12(17)8-9-18-16/h2-10H,1H3,(H2,17,18). The molecular weight excluding hydrogens is 220 g/mol. The average Bonchev–Trinajstić information content (AvgIpc) is 2.39. The summed E-state index contributed by atoms with van der Waals surface area (Å²) in [4.78, 5) is 4.41. The van der Waals surface area contributed by atoms with Crippen LogP contribution in [0.3, 0.4) is 0 Å². The lowest BCUT2D eigenvalue weighted by Crippen LogP contribution is -1.90. The van der Waals surface area contributed by atoms with E-state index in [1.165, 1.54) is 16.3 Å². The van der Waals surface area contributed by atoms with Crippen molar-refractivity contribution in [3.8, 4) is 11.3 Å². The van der Waals surface area contributed by atoms with Crippen molar-refractivity contribution in [1.29, 1.82) is 0 Å². The molecule has 0 bridgehead atoms. The summed E-state index contributed by atoms with van der Waals surface area (Å²) in [7, 11) is 0. The molecule has 88 valence electrons. The number of pyridine rings is 1. The van der Waals surface area contributed by atoms with E-state index in [1.54, 1.807) is 12.3 Å². The monoisotopic (exact) mass is 234 g/mol. The van der Waals surface area contributed by atoms with Gasteiger partial charge in [-0.15, -0.1) is 0 Å². The average molecular weight is 234 g/mol. The van der Waals surface area contributed by atoms with Gasteiger partial charge in [-0.2, -0.15) is 0 Å². The number of aryl methyl sites for hydroxylation is 1. The van der Waals surface area contributed by atoms with Crippen LogP contribution in [0.4, 0.5) is 5.69 Å². The fourth-order valence-electron chi connectivity index (χ4n) is 2.27. The van der Waals surface area contributed by atoms with Gasteiger partial charge in [-0.25, -0.2) is 0 Å². The number of anilines is 1. The fourth-order valence-corrected chi connectivity index (χ4v) is 2.27. The second-order valence-electron chi connectivity index (χ2n) is 4.45. The van der Waals surface area contributed by atoms with Crippen LogP contribution in [0.2, 0.25) is 0 Å². The van der Waals surface area contributed by atoms with E-state index in [4.69, 9.17) is 5.73 Å². The Morgan fingerprint density at radius 3 is 2.50 bits per heavy atom. The number of nitrogen functional groups attached to an aromatic ring is 1. The largest absolute Gasteiger partial charge is 0.399 e. The first-order valence-electron chi connectivity index (χ1n) is 5.96. The molecule has 0 radical (unpaired) electrons. The first-order chi connectivity index (χ1) is 8.75. The summed E-state index contributed by atoms with van der Waals surface area (Å²) in [5.41, 5.74) is 9.90. The van der Waals surface area contributed by atoms with E-state index in [0.29, 0.717) is 0 Å². The van der Waals surface area contributed by atoms with Gasteiger partial charge in [-0.05, 0) is 35.4 Å². The Kier molecular flexibility index (Phi) is 2.49. The Hall–Kier alpha value is -2.35. The Morgan fingerprint density at radius 2 is 1.72 bits per heavy atom. The number of fused-ring (bicyclic) bond motifs is 1. The minimum atomic E-state index is 0.740. The maximum absolute atomic E-state index is 5.83. The Labute approximate surface area is 106 Å². The number of nitrogens with two attached hydrogens (primary N) is 1. The molecule has 18 heavy (non-hydrogen) atoms. The van der Waals surface area contributed by atoms with Crippen LogP contribution in [0.25, 0.3) is 22.0 Å². The molecule has 2 N–H and O–H groups in total. The molecule has 0 amide bonds. The molecular formula is C16H14N2. The second kappa shape index (κ2) is 4.15. The minimum absolute atomic E-state index is 0.740. The van der Waals surface area contributed by atoms with Gasteiger partial charge in [0.05, 0.1) is 5.69 Å². The van der Waals surface area contributed by atoms with Crippen LogP contribution in [0.5, 0.6) is 0 Å². The summed E-state index contributed by atoms with van der Waals surface area (Å²) in [6.07, 6.45) is 1.75. The molecule has 0 saturated heterocycles. The van der Waals surface area contributed by atoms with Gasteiger partial charge in [-0.3, -0.25) is 4.98 Å². The predicted octanol–water partition coefficient (Wildman–Crippen LogP) is 3.79. The van der Waals surface area contributed by atoms with Crippen molar-refractivity contribution in [2.75, 3.05) is 5.73 Å². The molecule has 1 heterocycles. The Bertz CT molecular complexity index is 717. The molecule has 2 nitrogen and oxygen atoms in total. The first kappa shape index (κ1) is 10.8. The molecule has 0 fully saturated rings. The fraction of sp³-hybridized carbons (Fsp3) is 0.0625. The SMILES string of the molecule is Cc1ccc(-c2cc(N)ccn2)c2ccccc12. The third kappa shape index (κ3) is 1.72. The van der Waals surface area contributed by atoms with Gasteiger partial charge in [0.2, 0.25) is 0 Å². The van der Waals surface area contributed by atoms with Gasteiger partial charge < -0.3 is 5.73 Å². The maximum atomic E-state index is 5.83. The summed E-state index contributed by atoms with van der Waals surface area (Å²) in [6.45, 7) is 2.12. The van der Waals surface area contributed by atoms with Crippen molar-refractivity contribution in [3.63, 3.8) is 0 Å². The van der Waals surface area contributed by atoms with E-state index < -0.39 is 0 Å². The normalized spacial score (nSPS) is 10.7. The van der Waals surface area contributed by atoms with Gasteiger partial charge in [0.25, 0.3) is 0 Å². The van der Waals surface area contributed by atoms with Crippen molar-refractivity contribution in [2.45, 2.75) is 6.92 Å². The zero-order valence-corrected chi connectivity index (χ0v) is 10.2. The van der Waals surface area contributed by atoms with Gasteiger partial charge in [0, 0.05) is 17.4 Å². The number of benzene rings is 2. The van der Waals surface area contributed by atoms with Crippen LogP contribution in [0, 0.1) is 6.92 Å². The van der Waals surface area contributed by atoms with E-state index >= 15 is 0 Å². The minimum Gasteiger partial charge on any atom is -0.399 e. The number of aromatic nitrogens is 1. The highest BCUT2D eigenvalue weighted by molar-refractivity contribution is 5.97. The summed E-state index contributed by atoms with van der Waals surface area (Å²) in [5.74, 6) is 0. The molecule has 0 atom stereocenters. The lowest BCUT2D eigenvalue weighted by Gasteiger charge is -2.08. The molecule has 0 aliphatic carbocycles. The van der Waals surface area contributed by atoms with Gasteiger partial charge in [-0.1, -0.05) is 36.4 Å². The van der Waals surface area contributed by atoms with Crippen LogP contribution in [0.1, 0.15) is 5.56 Å². The highest BCUT2D eigenvalue weighted by Crippen LogP contribution is 2.29. The van der Waals surface area contributed by atoms with E-state index in [-0.39, 0.29) is 0 Å². The zero-order chi connectivity index (χ0) is 12.5. The molecule has 0 saturated carbocycles. The van der Waals surface area contributed by atoms with Crippen molar-refractivity contribution in [3.05, 3.63) is 60.3 Å². The third-order valence-corrected chi connectivity index (χ3v) is 3.20. The lowest BCUT2D eigenvalue weighted by molar-refractivity contribution is 1.33. The third-order valence-electron chi connectivity index (χ3n) is 3.20. The quantitative estimate of drug-likeness (QED) is 0.695. The van der Waals surface area contributed by atoms with Gasteiger partial charge >= 0.3 is 0 Å². The second-order valence-corrected chi connectivity index (χ2v) is 4.45. The molecule has 0 spiro atoms. The van der Waals surface area contributed by atoms with Crippen LogP contribution in [-0.4, -0.2) is 4.98 Å². The number of hydrogen-bond donors (Lipinski definition) is 1.